The van der Waals surface area contributed by atoms with E-state index in [9.17, 15) is 9.59 Å². The summed E-state index contributed by atoms with van der Waals surface area (Å²) >= 11 is 0. The Labute approximate surface area is 109 Å². The van der Waals surface area contributed by atoms with E-state index in [4.69, 9.17) is 5.73 Å². The third-order valence-corrected chi connectivity index (χ3v) is 4.49. The van der Waals surface area contributed by atoms with E-state index in [1.165, 1.54) is 17.7 Å². The minimum absolute atomic E-state index is 0.00852. The molecule has 1 saturated carbocycles. The summed E-state index contributed by atoms with van der Waals surface area (Å²) in [6.45, 7) is 2.38. The molecule has 4 nitrogen and oxygen atoms in total. The number of likely N-dealkylation sites (tertiary alicyclic amines) is 1. The van der Waals surface area contributed by atoms with Crippen molar-refractivity contribution in [2.45, 2.75) is 64.3 Å². The van der Waals surface area contributed by atoms with Crippen molar-refractivity contribution in [3.05, 3.63) is 0 Å². The number of nitrogens with zero attached hydrogens (tertiary/aromatic N) is 1. The van der Waals surface area contributed by atoms with Crippen LogP contribution in [0.1, 0.15) is 58.3 Å². The molecule has 1 atom stereocenters. The van der Waals surface area contributed by atoms with Gasteiger partial charge in [-0.15, -0.1) is 0 Å². The van der Waals surface area contributed by atoms with Crippen LogP contribution < -0.4 is 5.73 Å². The van der Waals surface area contributed by atoms with Gasteiger partial charge in [0, 0.05) is 19.0 Å². The van der Waals surface area contributed by atoms with E-state index in [1.807, 2.05) is 6.92 Å². The number of carbonyl (C=O) groups excluding carboxylic acids is 2. The first-order valence-corrected chi connectivity index (χ1v) is 7.19. The molecule has 4 heteroatoms. The molecule has 1 unspecified atom stereocenters. The third kappa shape index (κ3) is 2.44. The molecule has 1 spiro atoms. The largest absolute Gasteiger partial charge is 0.326 e. The Balaban J connectivity index is 2.11. The van der Waals surface area contributed by atoms with Gasteiger partial charge in [-0.3, -0.25) is 14.5 Å². The highest BCUT2D eigenvalue weighted by molar-refractivity contribution is 6.05. The lowest BCUT2D eigenvalue weighted by atomic mass is 9.79. The van der Waals surface area contributed by atoms with E-state index >= 15 is 0 Å². The lowest BCUT2D eigenvalue weighted by Crippen LogP contribution is -2.42. The van der Waals surface area contributed by atoms with Crippen molar-refractivity contribution in [2.75, 3.05) is 6.54 Å². The normalized spacial score (nSPS) is 25.6. The summed E-state index contributed by atoms with van der Waals surface area (Å²) < 4.78 is 0. The van der Waals surface area contributed by atoms with Crippen molar-refractivity contribution in [1.82, 2.24) is 4.90 Å². The molecule has 2 aliphatic rings. The molecule has 1 heterocycles. The predicted molar refractivity (Wildman–Crippen MR) is 69.7 cm³/mol. The maximum absolute atomic E-state index is 12.5. The van der Waals surface area contributed by atoms with Gasteiger partial charge in [-0.25, -0.2) is 0 Å². The average molecular weight is 252 g/mol. The number of nitrogens with two attached hydrogens (primary N) is 1. The molecular formula is C14H24N2O2. The van der Waals surface area contributed by atoms with E-state index in [0.717, 1.165) is 32.1 Å². The molecule has 2 amide bonds. The quantitative estimate of drug-likeness (QED) is 0.779. The predicted octanol–water partition coefficient (Wildman–Crippen LogP) is 1.82. The fourth-order valence-corrected chi connectivity index (χ4v) is 3.20. The lowest BCUT2D eigenvalue weighted by Gasteiger charge is -2.26. The zero-order valence-corrected chi connectivity index (χ0v) is 11.3. The molecule has 102 valence electrons. The summed E-state index contributed by atoms with van der Waals surface area (Å²) in [5, 5.41) is 0. The van der Waals surface area contributed by atoms with Crippen LogP contribution in [-0.4, -0.2) is 29.3 Å². The Bertz CT molecular complexity index is 333. The number of imide groups is 1. The van der Waals surface area contributed by atoms with Crippen molar-refractivity contribution in [3.63, 3.8) is 0 Å². The first kappa shape index (κ1) is 13.5. The van der Waals surface area contributed by atoms with Crippen LogP contribution >= 0.6 is 0 Å². The molecule has 0 radical (unpaired) electrons. The van der Waals surface area contributed by atoms with Gasteiger partial charge in [-0.05, 0) is 19.3 Å². The second-order valence-electron chi connectivity index (χ2n) is 5.85. The number of amides is 2. The van der Waals surface area contributed by atoms with E-state index in [0.29, 0.717) is 13.0 Å². The Morgan fingerprint density at radius 1 is 1.22 bits per heavy atom. The summed E-state index contributed by atoms with van der Waals surface area (Å²) in [6, 6.07) is -0.0844. The standard InChI is InChI=1S/C14H24N2O2/c1-2-11(15)10-16-12(17)9-14(13(16)18)7-5-3-4-6-8-14/h11H,2-10,15H2,1H3. The molecule has 0 aromatic rings. The summed E-state index contributed by atoms with van der Waals surface area (Å²) in [5.74, 6) is 0.0455. The minimum Gasteiger partial charge on any atom is -0.326 e. The van der Waals surface area contributed by atoms with Crippen molar-refractivity contribution in [3.8, 4) is 0 Å². The molecule has 18 heavy (non-hydrogen) atoms. The van der Waals surface area contributed by atoms with E-state index in [2.05, 4.69) is 0 Å². The number of hydrogen-bond acceptors (Lipinski definition) is 3. The zero-order valence-electron chi connectivity index (χ0n) is 11.3. The average Bonchev–Trinajstić information content (AvgIpc) is 2.55. The Hall–Kier alpha value is -0.900. The van der Waals surface area contributed by atoms with E-state index in [1.54, 1.807) is 0 Å². The van der Waals surface area contributed by atoms with Crippen LogP contribution in [0, 0.1) is 5.41 Å². The highest BCUT2D eigenvalue weighted by Gasteiger charge is 2.50. The van der Waals surface area contributed by atoms with Gasteiger partial charge < -0.3 is 5.73 Å². The van der Waals surface area contributed by atoms with Crippen LogP contribution in [0.2, 0.25) is 0 Å². The second-order valence-corrected chi connectivity index (χ2v) is 5.85. The minimum atomic E-state index is -0.374. The number of carbonyl (C=O) groups is 2. The lowest BCUT2D eigenvalue weighted by molar-refractivity contribution is -0.142. The fourth-order valence-electron chi connectivity index (χ4n) is 3.20. The van der Waals surface area contributed by atoms with E-state index < -0.39 is 0 Å². The molecular weight excluding hydrogens is 228 g/mol. The van der Waals surface area contributed by atoms with Crippen LogP contribution in [0.3, 0.4) is 0 Å². The van der Waals surface area contributed by atoms with Crippen LogP contribution in [0.5, 0.6) is 0 Å². The van der Waals surface area contributed by atoms with Crippen LogP contribution in [-0.2, 0) is 9.59 Å². The Morgan fingerprint density at radius 2 is 1.83 bits per heavy atom. The maximum atomic E-state index is 12.5. The molecule has 1 aliphatic carbocycles. The van der Waals surface area contributed by atoms with Gasteiger partial charge in [0.05, 0.1) is 5.41 Å². The van der Waals surface area contributed by atoms with Crippen molar-refractivity contribution < 1.29 is 9.59 Å². The topological polar surface area (TPSA) is 63.4 Å². The smallest absolute Gasteiger partial charge is 0.235 e. The summed E-state index contributed by atoms with van der Waals surface area (Å²) in [7, 11) is 0. The Morgan fingerprint density at radius 3 is 2.39 bits per heavy atom. The highest BCUT2D eigenvalue weighted by Crippen LogP contribution is 2.44. The van der Waals surface area contributed by atoms with Gasteiger partial charge in [0.25, 0.3) is 0 Å². The van der Waals surface area contributed by atoms with Gasteiger partial charge >= 0.3 is 0 Å². The Kier molecular flexibility index (Phi) is 4.05. The number of hydrogen-bond donors (Lipinski definition) is 1. The van der Waals surface area contributed by atoms with Crippen LogP contribution in [0.15, 0.2) is 0 Å². The first-order chi connectivity index (χ1) is 8.59. The number of rotatable bonds is 3. The molecule has 1 aliphatic heterocycles. The molecule has 0 bridgehead atoms. The maximum Gasteiger partial charge on any atom is 0.235 e. The molecule has 2 N–H and O–H groups in total. The van der Waals surface area contributed by atoms with Crippen LogP contribution in [0.4, 0.5) is 0 Å². The fraction of sp³-hybridized carbons (Fsp3) is 0.857. The van der Waals surface area contributed by atoms with Gasteiger partial charge in [0.2, 0.25) is 11.8 Å². The van der Waals surface area contributed by atoms with Gasteiger partial charge in [0.15, 0.2) is 0 Å². The van der Waals surface area contributed by atoms with Crippen LogP contribution in [0.25, 0.3) is 0 Å². The van der Waals surface area contributed by atoms with Gasteiger partial charge in [-0.1, -0.05) is 32.6 Å². The molecule has 0 aromatic heterocycles. The molecule has 2 rings (SSSR count). The first-order valence-electron chi connectivity index (χ1n) is 7.19. The van der Waals surface area contributed by atoms with Crippen molar-refractivity contribution in [2.24, 2.45) is 11.1 Å². The third-order valence-electron chi connectivity index (χ3n) is 4.49. The van der Waals surface area contributed by atoms with E-state index in [-0.39, 0.29) is 23.3 Å². The summed E-state index contributed by atoms with van der Waals surface area (Å²) in [5.41, 5.74) is 5.51. The van der Waals surface area contributed by atoms with Crippen molar-refractivity contribution in [1.29, 1.82) is 0 Å². The monoisotopic (exact) mass is 252 g/mol. The molecule has 0 aromatic carbocycles. The van der Waals surface area contributed by atoms with Crippen molar-refractivity contribution >= 4 is 11.8 Å². The van der Waals surface area contributed by atoms with Gasteiger partial charge in [0.1, 0.15) is 0 Å². The highest BCUT2D eigenvalue weighted by atomic mass is 16.2. The second kappa shape index (κ2) is 5.39. The molecule has 1 saturated heterocycles. The van der Waals surface area contributed by atoms with Gasteiger partial charge in [-0.2, -0.15) is 0 Å². The summed E-state index contributed by atoms with van der Waals surface area (Å²) in [6.07, 6.45) is 7.52. The SMILES string of the molecule is CCC(N)CN1C(=O)CC2(CCCCCC2)C1=O. The zero-order chi connectivity index (χ0) is 13.2. The summed E-state index contributed by atoms with van der Waals surface area (Å²) in [4.78, 5) is 26.0. The molecule has 2 fully saturated rings.